The van der Waals surface area contributed by atoms with E-state index in [0.29, 0.717) is 11.9 Å². The van der Waals surface area contributed by atoms with Crippen LogP contribution in [-0.4, -0.2) is 59.0 Å². The van der Waals surface area contributed by atoms with Gasteiger partial charge in [-0.3, -0.25) is 0 Å². The minimum absolute atomic E-state index is 0.0151. The third-order valence-electron chi connectivity index (χ3n) is 4.24. The Hall–Kier alpha value is -3.02. The molecule has 0 unspecified atom stereocenters. The van der Waals surface area contributed by atoms with Crippen molar-refractivity contribution in [1.82, 2.24) is 24.4 Å². The summed E-state index contributed by atoms with van der Waals surface area (Å²) in [5.74, 6) is -0.102. The molecule has 0 bridgehead atoms. The first-order valence-electron chi connectivity index (χ1n) is 8.77. The van der Waals surface area contributed by atoms with Crippen LogP contribution >= 0.6 is 0 Å². The summed E-state index contributed by atoms with van der Waals surface area (Å²) in [6.45, 7) is 1.49. The predicted octanol–water partition coefficient (Wildman–Crippen LogP) is 3.06. The number of hydrogen-bond acceptors (Lipinski definition) is 6. The van der Waals surface area contributed by atoms with Crippen LogP contribution in [0.1, 0.15) is 12.5 Å². The number of sulfone groups is 1. The van der Waals surface area contributed by atoms with Crippen molar-refractivity contribution in [3.63, 3.8) is 0 Å². The molecule has 0 aliphatic rings. The van der Waals surface area contributed by atoms with Crippen molar-refractivity contribution in [1.29, 1.82) is 0 Å². The number of aliphatic imine (C=N–C) groups is 1. The molecular weight excluding hydrogens is 421 g/mol. The van der Waals surface area contributed by atoms with Crippen LogP contribution in [0.25, 0.3) is 22.7 Å². The fourth-order valence-electron chi connectivity index (χ4n) is 2.69. The van der Waals surface area contributed by atoms with Crippen molar-refractivity contribution in [3.8, 4) is 11.5 Å². The summed E-state index contributed by atoms with van der Waals surface area (Å²) in [5, 5.41) is 0. The van der Waals surface area contributed by atoms with E-state index in [1.165, 1.54) is 37.1 Å². The van der Waals surface area contributed by atoms with Gasteiger partial charge in [-0.25, -0.2) is 28.4 Å². The zero-order chi connectivity index (χ0) is 22.3. The number of fused-ring (bicyclic) bond motifs is 1. The first-order valence-corrected chi connectivity index (χ1v) is 10.4. The number of hydrogen-bond donors (Lipinski definition) is 0. The van der Waals surface area contributed by atoms with Crippen LogP contribution in [0, 0.1) is 0 Å². The molecule has 0 fully saturated rings. The fraction of sp³-hybridized carbons (Fsp3) is 0.333. The van der Waals surface area contributed by atoms with Gasteiger partial charge in [-0.15, -0.1) is 0 Å². The molecule has 0 atom stereocenters. The smallest absolute Gasteiger partial charge is 0.369 e. The van der Waals surface area contributed by atoms with Crippen LogP contribution < -0.4 is 0 Å². The molecule has 0 N–H and O–H groups in total. The van der Waals surface area contributed by atoms with Gasteiger partial charge in [0.1, 0.15) is 11.2 Å². The molecule has 0 saturated heterocycles. The molecule has 0 radical (unpaired) electrons. The van der Waals surface area contributed by atoms with Crippen LogP contribution in [0.15, 0.2) is 34.4 Å². The average Bonchev–Trinajstić information content (AvgIpc) is 3.01. The SMILES string of the molecule is CCS(=O)(=O)c1cc(/N=C/N(C)C)cnc1-c1nc2cc(C(F)(F)F)cnc2n1C. The number of halogens is 3. The molecule has 0 aliphatic carbocycles. The summed E-state index contributed by atoms with van der Waals surface area (Å²) in [5.41, 5.74) is -0.444. The maximum Gasteiger partial charge on any atom is 0.417 e. The van der Waals surface area contributed by atoms with Crippen molar-refractivity contribution >= 4 is 33.0 Å². The second-order valence-electron chi connectivity index (χ2n) is 6.71. The quantitative estimate of drug-likeness (QED) is 0.447. The zero-order valence-electron chi connectivity index (χ0n) is 16.6. The largest absolute Gasteiger partial charge is 0.417 e. The molecule has 0 amide bonds. The van der Waals surface area contributed by atoms with Gasteiger partial charge in [0.2, 0.25) is 0 Å². The van der Waals surface area contributed by atoms with Crippen LogP contribution in [0.4, 0.5) is 18.9 Å². The molecule has 3 rings (SSSR count). The second-order valence-corrected chi connectivity index (χ2v) is 8.96. The van der Waals surface area contributed by atoms with Gasteiger partial charge >= 0.3 is 6.18 Å². The van der Waals surface area contributed by atoms with Gasteiger partial charge in [0.25, 0.3) is 0 Å². The lowest BCUT2D eigenvalue weighted by Gasteiger charge is -2.10. The van der Waals surface area contributed by atoms with Gasteiger partial charge in [0.05, 0.1) is 34.4 Å². The van der Waals surface area contributed by atoms with Gasteiger partial charge in [-0.05, 0) is 12.1 Å². The maximum absolute atomic E-state index is 13.0. The Bertz CT molecular complexity index is 1230. The standard InChI is InChI=1S/C18H19F3N6O2S/c1-5-30(28,29)14-7-12(24-10-26(2)3)9-22-15(14)17-25-13-6-11(18(19,20)21)8-23-16(13)27(17)4/h6-10H,5H2,1-4H3/b24-10+. The minimum atomic E-state index is -4.57. The van der Waals surface area contributed by atoms with E-state index in [1.807, 2.05) is 0 Å². The lowest BCUT2D eigenvalue weighted by atomic mass is 10.2. The van der Waals surface area contributed by atoms with E-state index in [9.17, 15) is 21.6 Å². The summed E-state index contributed by atoms with van der Waals surface area (Å²) < 4.78 is 65.8. The molecule has 3 aromatic heterocycles. The van der Waals surface area contributed by atoms with E-state index in [0.717, 1.165) is 6.07 Å². The highest BCUT2D eigenvalue weighted by atomic mass is 32.2. The summed E-state index contributed by atoms with van der Waals surface area (Å²) in [4.78, 5) is 18.0. The number of aromatic nitrogens is 4. The van der Waals surface area contributed by atoms with E-state index in [2.05, 4.69) is 19.9 Å². The number of nitrogens with zero attached hydrogens (tertiary/aromatic N) is 6. The second kappa shape index (κ2) is 7.67. The normalized spacial score (nSPS) is 12.8. The molecule has 0 aromatic carbocycles. The zero-order valence-corrected chi connectivity index (χ0v) is 17.5. The number of rotatable bonds is 5. The topological polar surface area (TPSA) is 93.3 Å². The van der Waals surface area contributed by atoms with Crippen LogP contribution in [0.3, 0.4) is 0 Å². The Kier molecular flexibility index (Phi) is 5.54. The van der Waals surface area contributed by atoms with Gasteiger partial charge in [-0.1, -0.05) is 6.92 Å². The highest BCUT2D eigenvalue weighted by Crippen LogP contribution is 2.33. The lowest BCUT2D eigenvalue weighted by molar-refractivity contribution is -0.137. The molecule has 8 nitrogen and oxygen atoms in total. The molecule has 3 heterocycles. The molecular formula is C18H19F3N6O2S. The van der Waals surface area contributed by atoms with Crippen molar-refractivity contribution in [2.24, 2.45) is 12.0 Å². The highest BCUT2D eigenvalue weighted by Gasteiger charge is 2.32. The number of alkyl halides is 3. The Morgan fingerprint density at radius 2 is 1.90 bits per heavy atom. The first-order chi connectivity index (χ1) is 13.9. The lowest BCUT2D eigenvalue weighted by Crippen LogP contribution is -2.09. The minimum Gasteiger partial charge on any atom is -0.369 e. The van der Waals surface area contributed by atoms with E-state index >= 15 is 0 Å². The Morgan fingerprint density at radius 1 is 1.20 bits per heavy atom. The molecule has 160 valence electrons. The van der Waals surface area contributed by atoms with Crippen molar-refractivity contribution in [3.05, 3.63) is 30.1 Å². The summed E-state index contributed by atoms with van der Waals surface area (Å²) in [6.07, 6.45) is -0.988. The molecule has 0 spiro atoms. The van der Waals surface area contributed by atoms with Gasteiger partial charge in [-0.2, -0.15) is 13.2 Å². The van der Waals surface area contributed by atoms with E-state index in [1.54, 1.807) is 19.0 Å². The molecule has 0 saturated carbocycles. The highest BCUT2D eigenvalue weighted by molar-refractivity contribution is 7.91. The average molecular weight is 440 g/mol. The van der Waals surface area contributed by atoms with Crippen molar-refractivity contribution in [2.45, 2.75) is 18.0 Å². The fourth-order valence-corrected chi connectivity index (χ4v) is 3.74. The van der Waals surface area contributed by atoms with Gasteiger partial charge in [0.15, 0.2) is 21.3 Å². The summed E-state index contributed by atoms with van der Waals surface area (Å²) in [7, 11) is 1.33. The molecule has 30 heavy (non-hydrogen) atoms. The molecule has 12 heteroatoms. The predicted molar refractivity (Wildman–Crippen MR) is 106 cm³/mol. The van der Waals surface area contributed by atoms with Gasteiger partial charge < -0.3 is 9.47 Å². The van der Waals surface area contributed by atoms with E-state index < -0.39 is 21.6 Å². The van der Waals surface area contributed by atoms with E-state index in [-0.39, 0.29) is 33.3 Å². The Morgan fingerprint density at radius 3 is 2.50 bits per heavy atom. The first kappa shape index (κ1) is 21.7. The van der Waals surface area contributed by atoms with E-state index in [4.69, 9.17) is 0 Å². The molecule has 0 aliphatic heterocycles. The number of aryl methyl sites for hydroxylation is 1. The number of pyridine rings is 2. The van der Waals surface area contributed by atoms with Crippen molar-refractivity contribution in [2.75, 3.05) is 19.8 Å². The third-order valence-corrected chi connectivity index (χ3v) is 5.98. The van der Waals surface area contributed by atoms with Crippen LogP contribution in [0.5, 0.6) is 0 Å². The maximum atomic E-state index is 13.0. The van der Waals surface area contributed by atoms with Crippen molar-refractivity contribution < 1.29 is 21.6 Å². The Balaban J connectivity index is 2.24. The third kappa shape index (κ3) is 4.13. The van der Waals surface area contributed by atoms with Crippen LogP contribution in [0.2, 0.25) is 0 Å². The molecule has 3 aromatic rings. The Labute approximate surface area is 171 Å². The van der Waals surface area contributed by atoms with Gasteiger partial charge in [0, 0.05) is 27.3 Å². The van der Waals surface area contributed by atoms with Crippen LogP contribution in [-0.2, 0) is 23.1 Å². The summed E-state index contributed by atoms with van der Waals surface area (Å²) >= 11 is 0. The summed E-state index contributed by atoms with van der Waals surface area (Å²) in [6, 6.07) is 2.24. The number of imidazole rings is 1. The monoisotopic (exact) mass is 440 g/mol.